The third kappa shape index (κ3) is 12.1. The fraction of sp³-hybridized carbons (Fsp3) is 0.408. The van der Waals surface area contributed by atoms with Crippen LogP contribution in [0, 0.1) is 37.3 Å². The molecule has 0 N–H and O–H groups in total. The molecule has 3 heteroatoms. The molecule has 0 radical (unpaired) electrons. The van der Waals surface area contributed by atoms with Gasteiger partial charge in [0.1, 0.15) is 0 Å². The molecular formula is C49H60Cl2Zr-2. The summed E-state index contributed by atoms with van der Waals surface area (Å²) < 4.78 is 1.42. The Morgan fingerprint density at radius 1 is 0.712 bits per heavy atom. The number of rotatable bonds is 5. The van der Waals surface area contributed by atoms with E-state index in [1.54, 1.807) is 0 Å². The molecule has 0 bridgehead atoms. The van der Waals surface area contributed by atoms with Crippen LogP contribution >= 0.6 is 0 Å². The average Bonchev–Trinajstić information content (AvgIpc) is 3.67. The Labute approximate surface area is 345 Å². The molecule has 52 heavy (non-hydrogen) atoms. The fourth-order valence-electron chi connectivity index (χ4n) is 6.97. The zero-order chi connectivity index (χ0) is 36.9. The molecule has 0 saturated carbocycles. The first-order chi connectivity index (χ1) is 23.4. The van der Waals surface area contributed by atoms with Gasteiger partial charge in [-0.3, -0.25) is 6.08 Å². The van der Waals surface area contributed by atoms with Gasteiger partial charge in [-0.1, -0.05) is 130 Å². The fourth-order valence-corrected chi connectivity index (χ4v) is 7.79. The Bertz CT molecular complexity index is 1720. The SMILES string of the molecule is CCCCC1[C-]=CC(C(C)(C)C)=C1.Cc1[c-]c2c(cc1C(C)(C)C)-c1cc(C(C)(C)C)c(C)cc1C2.[Cl-].[Cl-].[Zr+2]=[C](c1ccccc1)c1ccccc1. The second-order valence-electron chi connectivity index (χ2n) is 17.2. The van der Waals surface area contributed by atoms with Crippen molar-refractivity contribution < 1.29 is 49.0 Å². The summed E-state index contributed by atoms with van der Waals surface area (Å²) in [5.74, 6) is 0.592. The van der Waals surface area contributed by atoms with Crippen LogP contribution in [-0.2, 0) is 41.5 Å². The van der Waals surface area contributed by atoms with E-state index in [2.05, 4.69) is 186 Å². The Morgan fingerprint density at radius 3 is 1.69 bits per heavy atom. The van der Waals surface area contributed by atoms with Gasteiger partial charge in [-0.25, -0.2) is 6.08 Å². The van der Waals surface area contributed by atoms with Crippen LogP contribution in [0.15, 0.2) is 96.6 Å². The van der Waals surface area contributed by atoms with Crippen molar-refractivity contribution in [3.63, 3.8) is 0 Å². The number of aryl methyl sites for hydroxylation is 2. The summed E-state index contributed by atoms with van der Waals surface area (Å²) in [4.78, 5) is 0. The first-order valence-electron chi connectivity index (χ1n) is 18.6. The van der Waals surface area contributed by atoms with Gasteiger partial charge >= 0.3 is 99.2 Å². The van der Waals surface area contributed by atoms with E-state index < -0.39 is 0 Å². The van der Waals surface area contributed by atoms with Crippen LogP contribution in [-0.4, -0.2) is 3.21 Å². The Kier molecular flexibility index (Phi) is 17.0. The van der Waals surface area contributed by atoms with Gasteiger partial charge in [0, 0.05) is 0 Å². The van der Waals surface area contributed by atoms with Crippen molar-refractivity contribution in [2.75, 3.05) is 0 Å². The molecular weight excluding hydrogens is 751 g/mol. The molecule has 0 fully saturated rings. The third-order valence-corrected chi connectivity index (χ3v) is 11.2. The molecule has 0 amide bonds. The first-order valence-corrected chi connectivity index (χ1v) is 19.8. The standard InChI is InChI=1S/C23H29.C13H10.C13H21.2ClH.Zr/c1-14-9-16-11-17-10-15(2)21(23(6,7)8)13-19(17)18(16)12-20(14)22(3,4)5;1-3-7-12(8-4-1)11-13-9-5-2-6-10-13;1-5-6-7-11-8-9-12(10-11)13(2,3)4;;;/h9,12-13H,11H2,1-8H3;1-10H;9-11H,5-7H2,1-4H3;2*1H;/q-1;;-1;;;+2/p-2. The summed E-state index contributed by atoms with van der Waals surface area (Å²) >= 11 is 1.46. The van der Waals surface area contributed by atoms with Crippen LogP contribution in [0.1, 0.15) is 133 Å². The predicted octanol–water partition coefficient (Wildman–Crippen LogP) is 7.22. The number of hydrogen-bond acceptors (Lipinski definition) is 0. The molecule has 0 nitrogen and oxygen atoms in total. The van der Waals surface area contributed by atoms with Crippen LogP contribution in [0.4, 0.5) is 0 Å². The van der Waals surface area contributed by atoms with Gasteiger partial charge in [-0.15, -0.1) is 16.7 Å². The summed E-state index contributed by atoms with van der Waals surface area (Å²) in [5, 5.41) is 0. The van der Waals surface area contributed by atoms with Gasteiger partial charge < -0.3 is 24.8 Å². The zero-order valence-corrected chi connectivity index (χ0v) is 37.8. The first kappa shape index (κ1) is 45.8. The van der Waals surface area contributed by atoms with Crippen molar-refractivity contribution >= 4 is 3.21 Å². The molecule has 0 aliphatic heterocycles. The molecule has 0 saturated heterocycles. The van der Waals surface area contributed by atoms with Gasteiger partial charge in [-0.2, -0.15) is 29.3 Å². The molecule has 0 heterocycles. The van der Waals surface area contributed by atoms with Crippen LogP contribution < -0.4 is 24.8 Å². The van der Waals surface area contributed by atoms with Crippen molar-refractivity contribution in [1.82, 2.24) is 0 Å². The molecule has 276 valence electrons. The van der Waals surface area contributed by atoms with E-state index in [0.717, 1.165) is 6.42 Å². The number of unbranched alkanes of at least 4 members (excludes halogenated alkanes) is 1. The summed E-state index contributed by atoms with van der Waals surface area (Å²) in [6, 6.07) is 32.1. The molecule has 0 spiro atoms. The van der Waals surface area contributed by atoms with Gasteiger partial charge in [-0.05, 0) is 35.4 Å². The molecule has 0 aromatic heterocycles. The number of halogens is 2. The molecule has 1 atom stereocenters. The molecule has 4 aromatic carbocycles. The number of allylic oxidation sites excluding steroid dienone is 4. The molecule has 2 aliphatic rings. The molecule has 6 rings (SSSR count). The van der Waals surface area contributed by atoms with Crippen molar-refractivity contribution in [3.05, 3.63) is 153 Å². The van der Waals surface area contributed by atoms with Gasteiger partial charge in [0.25, 0.3) is 0 Å². The minimum absolute atomic E-state index is 0. The second-order valence-corrected chi connectivity index (χ2v) is 18.5. The molecule has 4 aromatic rings. The van der Waals surface area contributed by atoms with Crippen LogP contribution in [0.5, 0.6) is 0 Å². The van der Waals surface area contributed by atoms with E-state index in [1.807, 2.05) is 0 Å². The summed E-state index contributed by atoms with van der Waals surface area (Å²) in [6.07, 6.45) is 12.9. The van der Waals surface area contributed by atoms with Crippen molar-refractivity contribution in [3.8, 4) is 11.1 Å². The Hall–Kier alpha value is -2.31. The van der Waals surface area contributed by atoms with Crippen molar-refractivity contribution in [2.45, 2.75) is 120 Å². The monoisotopic (exact) mass is 808 g/mol. The number of benzene rings is 4. The third-order valence-electron chi connectivity index (χ3n) is 9.77. The van der Waals surface area contributed by atoms with Gasteiger partial charge in [0.2, 0.25) is 0 Å². The van der Waals surface area contributed by atoms with E-state index in [1.165, 1.54) is 108 Å². The second kappa shape index (κ2) is 19.3. The Morgan fingerprint density at radius 2 is 1.23 bits per heavy atom. The summed E-state index contributed by atoms with van der Waals surface area (Å²) in [7, 11) is 0. The topological polar surface area (TPSA) is 0 Å². The Balaban J connectivity index is 0.000000281. The van der Waals surface area contributed by atoms with E-state index in [9.17, 15) is 0 Å². The molecule has 2 aliphatic carbocycles. The van der Waals surface area contributed by atoms with E-state index in [-0.39, 0.29) is 35.6 Å². The van der Waals surface area contributed by atoms with Crippen molar-refractivity contribution in [2.24, 2.45) is 11.3 Å². The zero-order valence-electron chi connectivity index (χ0n) is 33.8. The summed E-state index contributed by atoms with van der Waals surface area (Å²) in [6.45, 7) is 27.3. The summed E-state index contributed by atoms with van der Waals surface area (Å²) in [5.41, 5.74) is 16.0. The van der Waals surface area contributed by atoms with Crippen molar-refractivity contribution in [1.29, 1.82) is 0 Å². The maximum atomic E-state index is 3.69. The average molecular weight is 811 g/mol. The van der Waals surface area contributed by atoms with E-state index >= 15 is 0 Å². The number of hydrogen-bond donors (Lipinski definition) is 0. The minimum atomic E-state index is 0. The van der Waals surface area contributed by atoms with E-state index in [4.69, 9.17) is 0 Å². The molecule has 1 unspecified atom stereocenters. The van der Waals surface area contributed by atoms with Crippen LogP contribution in [0.2, 0.25) is 0 Å². The quantitative estimate of drug-likeness (QED) is 0.165. The maximum absolute atomic E-state index is 3.69. The van der Waals surface area contributed by atoms with Crippen LogP contribution in [0.3, 0.4) is 0 Å². The van der Waals surface area contributed by atoms with Gasteiger partial charge in [0.05, 0.1) is 0 Å². The number of fused-ring (bicyclic) bond motifs is 3. The van der Waals surface area contributed by atoms with Gasteiger partial charge in [0.15, 0.2) is 0 Å². The van der Waals surface area contributed by atoms with Crippen LogP contribution in [0.25, 0.3) is 11.1 Å². The predicted molar refractivity (Wildman–Crippen MR) is 215 cm³/mol. The van der Waals surface area contributed by atoms with E-state index in [0.29, 0.717) is 11.3 Å². The normalized spacial score (nSPS) is 14.3.